The minimum absolute atomic E-state index is 0.343. The van der Waals surface area contributed by atoms with Gasteiger partial charge in [0.2, 0.25) is 0 Å². The summed E-state index contributed by atoms with van der Waals surface area (Å²) >= 11 is 0. The van der Waals surface area contributed by atoms with Crippen molar-refractivity contribution >= 4 is 0 Å². The lowest BCUT2D eigenvalue weighted by Gasteiger charge is -2.22. The standard InChI is InChI=1S/C13H25N3/c1-4-12-6-9-16(10-12)8-5-7-13(2,11-14)15-3/h12,15H,4-10H2,1-3H3. The first kappa shape index (κ1) is 13.5. The number of rotatable bonds is 6. The highest BCUT2D eigenvalue weighted by Gasteiger charge is 2.23. The fourth-order valence-corrected chi connectivity index (χ4v) is 2.34. The average Bonchev–Trinajstić information content (AvgIpc) is 2.77. The Hall–Kier alpha value is -0.590. The van der Waals surface area contributed by atoms with Crippen LogP contribution in [0.5, 0.6) is 0 Å². The molecule has 1 aliphatic rings. The molecule has 0 saturated carbocycles. The van der Waals surface area contributed by atoms with Crippen molar-refractivity contribution in [2.24, 2.45) is 5.92 Å². The summed E-state index contributed by atoms with van der Waals surface area (Å²) < 4.78 is 0. The lowest BCUT2D eigenvalue weighted by molar-refractivity contribution is 0.299. The molecule has 16 heavy (non-hydrogen) atoms. The predicted molar refractivity (Wildman–Crippen MR) is 67.1 cm³/mol. The van der Waals surface area contributed by atoms with Crippen molar-refractivity contribution in [3.8, 4) is 6.07 Å². The highest BCUT2D eigenvalue weighted by atomic mass is 15.1. The highest BCUT2D eigenvalue weighted by Crippen LogP contribution is 2.20. The molecule has 1 heterocycles. The van der Waals surface area contributed by atoms with Crippen LogP contribution in [-0.4, -0.2) is 37.1 Å². The van der Waals surface area contributed by atoms with Gasteiger partial charge >= 0.3 is 0 Å². The van der Waals surface area contributed by atoms with Crippen molar-refractivity contribution in [2.45, 2.75) is 45.1 Å². The Morgan fingerprint density at radius 1 is 1.56 bits per heavy atom. The maximum atomic E-state index is 9.03. The fourth-order valence-electron chi connectivity index (χ4n) is 2.34. The zero-order chi connectivity index (χ0) is 12.0. The summed E-state index contributed by atoms with van der Waals surface area (Å²) in [6, 6.07) is 2.34. The second-order valence-corrected chi connectivity index (χ2v) is 5.16. The van der Waals surface area contributed by atoms with Gasteiger partial charge in [0, 0.05) is 6.54 Å². The molecular formula is C13H25N3. The smallest absolute Gasteiger partial charge is 0.103 e. The van der Waals surface area contributed by atoms with E-state index in [-0.39, 0.29) is 5.54 Å². The molecule has 2 unspecified atom stereocenters. The molecule has 1 fully saturated rings. The van der Waals surface area contributed by atoms with Gasteiger partial charge in [-0.15, -0.1) is 0 Å². The monoisotopic (exact) mass is 223 g/mol. The van der Waals surface area contributed by atoms with E-state index in [0.717, 1.165) is 25.3 Å². The Kier molecular flexibility index (Phi) is 5.24. The van der Waals surface area contributed by atoms with Crippen LogP contribution in [0.25, 0.3) is 0 Å². The molecule has 0 aromatic rings. The van der Waals surface area contributed by atoms with Crippen LogP contribution in [0.1, 0.15) is 39.5 Å². The average molecular weight is 223 g/mol. The minimum atomic E-state index is -0.343. The van der Waals surface area contributed by atoms with Gasteiger partial charge in [0.25, 0.3) is 0 Å². The van der Waals surface area contributed by atoms with Gasteiger partial charge in [-0.05, 0) is 52.2 Å². The first-order valence-electron chi connectivity index (χ1n) is 6.46. The van der Waals surface area contributed by atoms with Crippen LogP contribution in [0.4, 0.5) is 0 Å². The van der Waals surface area contributed by atoms with Crippen LogP contribution >= 0.6 is 0 Å². The van der Waals surface area contributed by atoms with Crippen molar-refractivity contribution in [3.63, 3.8) is 0 Å². The van der Waals surface area contributed by atoms with E-state index >= 15 is 0 Å². The molecule has 0 aliphatic carbocycles. The SMILES string of the molecule is CCC1CCN(CCCC(C)(C#N)NC)C1. The number of nitrogens with zero attached hydrogens (tertiary/aromatic N) is 2. The molecular weight excluding hydrogens is 198 g/mol. The lowest BCUT2D eigenvalue weighted by Crippen LogP contribution is -2.38. The maximum Gasteiger partial charge on any atom is 0.103 e. The third kappa shape index (κ3) is 3.77. The molecule has 0 amide bonds. The quantitative estimate of drug-likeness (QED) is 0.748. The molecule has 1 rings (SSSR count). The van der Waals surface area contributed by atoms with Crippen molar-refractivity contribution in [2.75, 3.05) is 26.7 Å². The van der Waals surface area contributed by atoms with E-state index in [2.05, 4.69) is 23.2 Å². The summed E-state index contributed by atoms with van der Waals surface area (Å²) in [5, 5.41) is 12.1. The van der Waals surface area contributed by atoms with Gasteiger partial charge in [0.1, 0.15) is 5.54 Å². The Morgan fingerprint density at radius 3 is 2.81 bits per heavy atom. The van der Waals surface area contributed by atoms with E-state index in [1.54, 1.807) is 0 Å². The molecule has 92 valence electrons. The largest absolute Gasteiger partial charge is 0.303 e. The number of hydrogen-bond acceptors (Lipinski definition) is 3. The Bertz CT molecular complexity index is 246. The summed E-state index contributed by atoms with van der Waals surface area (Å²) in [5.74, 6) is 0.909. The van der Waals surface area contributed by atoms with Crippen LogP contribution in [-0.2, 0) is 0 Å². The lowest BCUT2D eigenvalue weighted by atomic mass is 9.98. The van der Waals surface area contributed by atoms with Gasteiger partial charge in [0.15, 0.2) is 0 Å². The summed E-state index contributed by atoms with van der Waals surface area (Å²) in [5.41, 5.74) is -0.343. The molecule has 0 aromatic heterocycles. The third-order valence-corrected chi connectivity index (χ3v) is 3.90. The number of likely N-dealkylation sites (tertiary alicyclic amines) is 1. The molecule has 1 N–H and O–H groups in total. The molecule has 3 heteroatoms. The molecule has 2 atom stereocenters. The normalized spacial score (nSPS) is 25.2. The number of hydrogen-bond donors (Lipinski definition) is 1. The van der Waals surface area contributed by atoms with Gasteiger partial charge in [0.05, 0.1) is 6.07 Å². The van der Waals surface area contributed by atoms with E-state index in [4.69, 9.17) is 5.26 Å². The van der Waals surface area contributed by atoms with Crippen LogP contribution in [0, 0.1) is 17.2 Å². The van der Waals surface area contributed by atoms with Crippen molar-refractivity contribution in [1.82, 2.24) is 10.2 Å². The first-order chi connectivity index (χ1) is 7.63. The van der Waals surface area contributed by atoms with Gasteiger partial charge < -0.3 is 10.2 Å². The molecule has 0 spiro atoms. The van der Waals surface area contributed by atoms with E-state index in [0.29, 0.717) is 0 Å². The summed E-state index contributed by atoms with van der Waals surface area (Å²) in [7, 11) is 1.87. The van der Waals surface area contributed by atoms with Crippen LogP contribution in [0.15, 0.2) is 0 Å². The Balaban J connectivity index is 2.19. The van der Waals surface area contributed by atoms with Gasteiger partial charge in [-0.3, -0.25) is 0 Å². The molecule has 0 radical (unpaired) electrons. The fraction of sp³-hybridized carbons (Fsp3) is 0.923. The van der Waals surface area contributed by atoms with Gasteiger partial charge in [-0.25, -0.2) is 0 Å². The zero-order valence-corrected chi connectivity index (χ0v) is 10.9. The minimum Gasteiger partial charge on any atom is -0.303 e. The van der Waals surface area contributed by atoms with E-state index < -0.39 is 0 Å². The summed E-state index contributed by atoms with van der Waals surface area (Å²) in [6.45, 7) is 7.92. The zero-order valence-electron chi connectivity index (χ0n) is 10.9. The molecule has 0 bridgehead atoms. The van der Waals surface area contributed by atoms with Crippen molar-refractivity contribution in [3.05, 3.63) is 0 Å². The second kappa shape index (κ2) is 6.22. The van der Waals surface area contributed by atoms with E-state index in [9.17, 15) is 0 Å². The number of nitriles is 1. The van der Waals surface area contributed by atoms with E-state index in [1.807, 2.05) is 14.0 Å². The Morgan fingerprint density at radius 2 is 2.31 bits per heavy atom. The first-order valence-corrected chi connectivity index (χ1v) is 6.46. The molecule has 1 aliphatic heterocycles. The molecule has 1 saturated heterocycles. The molecule has 3 nitrogen and oxygen atoms in total. The van der Waals surface area contributed by atoms with Crippen LogP contribution < -0.4 is 5.32 Å². The highest BCUT2D eigenvalue weighted by molar-refractivity contribution is 5.02. The van der Waals surface area contributed by atoms with Crippen molar-refractivity contribution in [1.29, 1.82) is 5.26 Å². The van der Waals surface area contributed by atoms with Gasteiger partial charge in [-0.1, -0.05) is 13.3 Å². The Labute approximate surface area is 99.8 Å². The van der Waals surface area contributed by atoms with Crippen molar-refractivity contribution < 1.29 is 0 Å². The predicted octanol–water partition coefficient (Wildman–Crippen LogP) is 2.00. The maximum absolute atomic E-state index is 9.03. The van der Waals surface area contributed by atoms with Crippen LogP contribution in [0.3, 0.4) is 0 Å². The van der Waals surface area contributed by atoms with E-state index in [1.165, 1.54) is 25.9 Å². The summed E-state index contributed by atoms with van der Waals surface area (Å²) in [6.07, 6.45) is 4.72. The number of nitrogens with one attached hydrogen (secondary N) is 1. The van der Waals surface area contributed by atoms with Crippen LogP contribution in [0.2, 0.25) is 0 Å². The third-order valence-electron chi connectivity index (χ3n) is 3.90. The van der Waals surface area contributed by atoms with Gasteiger partial charge in [-0.2, -0.15) is 5.26 Å². The summed E-state index contributed by atoms with van der Waals surface area (Å²) in [4.78, 5) is 2.54. The topological polar surface area (TPSA) is 39.1 Å². The second-order valence-electron chi connectivity index (χ2n) is 5.16. The molecule has 0 aromatic carbocycles.